The third-order valence-electron chi connectivity index (χ3n) is 4.53. The standard InChI is InChI=1S/C22H18BrN3O3S/c1-3-10-26-21(14-4-6-16(23)7-5-14)24-25-22(26)30-13-15-11-20(27)29-19-12-17(28-2)8-9-18(15)19/h3-9,11-12H,1,10,13H2,2H3. The second kappa shape index (κ2) is 8.89. The molecule has 0 atom stereocenters. The van der Waals surface area contributed by atoms with Crippen LogP contribution in [0.3, 0.4) is 0 Å². The summed E-state index contributed by atoms with van der Waals surface area (Å²) in [6.45, 7) is 4.43. The molecule has 0 bridgehead atoms. The summed E-state index contributed by atoms with van der Waals surface area (Å²) in [5, 5.41) is 10.4. The molecule has 30 heavy (non-hydrogen) atoms. The van der Waals surface area contributed by atoms with Crippen molar-refractivity contribution in [3.8, 4) is 17.1 Å². The smallest absolute Gasteiger partial charge is 0.336 e. The van der Waals surface area contributed by atoms with Crippen molar-refractivity contribution in [2.75, 3.05) is 7.11 Å². The summed E-state index contributed by atoms with van der Waals surface area (Å²) in [6, 6.07) is 14.9. The molecule has 4 aromatic rings. The van der Waals surface area contributed by atoms with E-state index < -0.39 is 5.63 Å². The van der Waals surface area contributed by atoms with Gasteiger partial charge in [0.05, 0.1) is 7.11 Å². The number of fused-ring (bicyclic) bond motifs is 1. The zero-order valence-corrected chi connectivity index (χ0v) is 18.6. The van der Waals surface area contributed by atoms with Gasteiger partial charge in [-0.2, -0.15) is 0 Å². The van der Waals surface area contributed by atoms with Gasteiger partial charge in [0, 0.05) is 39.9 Å². The summed E-state index contributed by atoms with van der Waals surface area (Å²) in [5.41, 5.74) is 1.94. The summed E-state index contributed by atoms with van der Waals surface area (Å²) in [6.07, 6.45) is 1.81. The van der Waals surface area contributed by atoms with Crippen molar-refractivity contribution < 1.29 is 9.15 Å². The first-order valence-electron chi connectivity index (χ1n) is 9.12. The maximum atomic E-state index is 12.0. The molecule has 152 valence electrons. The van der Waals surface area contributed by atoms with Gasteiger partial charge in [-0.15, -0.1) is 16.8 Å². The molecule has 0 amide bonds. The number of benzene rings is 2. The summed E-state index contributed by atoms with van der Waals surface area (Å²) < 4.78 is 13.6. The van der Waals surface area contributed by atoms with Crippen molar-refractivity contribution in [2.24, 2.45) is 0 Å². The maximum absolute atomic E-state index is 12.0. The molecule has 0 N–H and O–H groups in total. The quantitative estimate of drug-likeness (QED) is 0.201. The molecule has 2 heterocycles. The van der Waals surface area contributed by atoms with Crippen LogP contribution in [0.1, 0.15) is 5.56 Å². The highest BCUT2D eigenvalue weighted by molar-refractivity contribution is 9.10. The largest absolute Gasteiger partial charge is 0.497 e. The number of nitrogens with zero attached hydrogens (tertiary/aromatic N) is 3. The highest BCUT2D eigenvalue weighted by Gasteiger charge is 2.15. The van der Waals surface area contributed by atoms with Gasteiger partial charge in [0.1, 0.15) is 11.3 Å². The summed E-state index contributed by atoms with van der Waals surface area (Å²) in [7, 11) is 1.58. The van der Waals surface area contributed by atoms with E-state index in [1.807, 2.05) is 47.0 Å². The molecule has 0 aliphatic rings. The Morgan fingerprint density at radius 3 is 2.73 bits per heavy atom. The summed E-state index contributed by atoms with van der Waals surface area (Å²) in [4.78, 5) is 12.0. The molecule has 0 saturated carbocycles. The van der Waals surface area contributed by atoms with Crippen LogP contribution in [0, 0.1) is 0 Å². The van der Waals surface area contributed by atoms with Crippen LogP contribution in [0.2, 0.25) is 0 Å². The number of thioether (sulfide) groups is 1. The van der Waals surface area contributed by atoms with Crippen molar-refractivity contribution in [2.45, 2.75) is 17.5 Å². The molecule has 0 aliphatic carbocycles. The molecule has 2 aromatic heterocycles. The fourth-order valence-electron chi connectivity index (χ4n) is 3.10. The number of rotatable bonds is 7. The van der Waals surface area contributed by atoms with Gasteiger partial charge in [-0.25, -0.2) is 4.79 Å². The highest BCUT2D eigenvalue weighted by atomic mass is 79.9. The second-order valence-electron chi connectivity index (χ2n) is 6.45. The van der Waals surface area contributed by atoms with E-state index in [9.17, 15) is 4.79 Å². The average molecular weight is 484 g/mol. The number of aromatic nitrogens is 3. The Morgan fingerprint density at radius 1 is 1.20 bits per heavy atom. The van der Waals surface area contributed by atoms with E-state index in [1.165, 1.54) is 17.8 Å². The zero-order valence-electron chi connectivity index (χ0n) is 16.2. The van der Waals surface area contributed by atoms with Gasteiger partial charge in [0.25, 0.3) is 0 Å². The minimum atomic E-state index is -0.394. The normalized spacial score (nSPS) is 11.0. The molecule has 8 heteroatoms. The van der Waals surface area contributed by atoms with Crippen LogP contribution in [0.25, 0.3) is 22.4 Å². The molecule has 6 nitrogen and oxygen atoms in total. The zero-order chi connectivity index (χ0) is 21.1. The lowest BCUT2D eigenvalue weighted by Gasteiger charge is -2.09. The van der Waals surface area contributed by atoms with Crippen molar-refractivity contribution >= 4 is 38.7 Å². The minimum Gasteiger partial charge on any atom is -0.497 e. The Morgan fingerprint density at radius 2 is 2.00 bits per heavy atom. The number of ether oxygens (including phenoxy) is 1. The highest BCUT2D eigenvalue weighted by Crippen LogP contribution is 2.30. The monoisotopic (exact) mass is 483 g/mol. The predicted octanol–water partition coefficient (Wildman–Crippen LogP) is 5.30. The third kappa shape index (κ3) is 4.20. The summed E-state index contributed by atoms with van der Waals surface area (Å²) in [5.74, 6) is 1.96. The average Bonchev–Trinajstić information content (AvgIpc) is 3.14. The first-order valence-corrected chi connectivity index (χ1v) is 10.9. The molecular formula is C22H18BrN3O3S. The first-order chi connectivity index (χ1) is 14.6. The fourth-order valence-corrected chi connectivity index (χ4v) is 4.30. The Kier molecular flexibility index (Phi) is 6.06. The van der Waals surface area contributed by atoms with E-state index >= 15 is 0 Å². The summed E-state index contributed by atoms with van der Waals surface area (Å²) >= 11 is 4.97. The Bertz CT molecular complexity index is 1270. The van der Waals surface area contributed by atoms with Crippen LogP contribution in [-0.4, -0.2) is 21.9 Å². The fraction of sp³-hybridized carbons (Fsp3) is 0.136. The Labute approximate surface area is 185 Å². The first kappa shape index (κ1) is 20.4. The maximum Gasteiger partial charge on any atom is 0.336 e. The van der Waals surface area contributed by atoms with Crippen LogP contribution in [0.15, 0.2) is 80.0 Å². The predicted molar refractivity (Wildman–Crippen MR) is 122 cm³/mol. The van der Waals surface area contributed by atoms with Crippen LogP contribution in [0.5, 0.6) is 5.75 Å². The molecule has 0 fully saturated rings. The lowest BCUT2D eigenvalue weighted by atomic mass is 10.1. The van der Waals surface area contributed by atoms with Gasteiger partial charge < -0.3 is 9.15 Å². The molecule has 0 saturated heterocycles. The lowest BCUT2D eigenvalue weighted by Crippen LogP contribution is -2.02. The second-order valence-corrected chi connectivity index (χ2v) is 8.31. The number of hydrogen-bond acceptors (Lipinski definition) is 6. The minimum absolute atomic E-state index is 0.394. The Balaban J connectivity index is 1.66. The van der Waals surface area contributed by atoms with Crippen LogP contribution < -0.4 is 10.4 Å². The van der Waals surface area contributed by atoms with Crippen molar-refractivity contribution in [3.05, 3.63) is 81.6 Å². The Hall–Kier alpha value is -2.84. The lowest BCUT2D eigenvalue weighted by molar-refractivity contribution is 0.414. The van der Waals surface area contributed by atoms with Gasteiger partial charge in [0.15, 0.2) is 11.0 Å². The van der Waals surface area contributed by atoms with E-state index in [1.54, 1.807) is 13.2 Å². The molecule has 0 spiro atoms. The molecule has 0 radical (unpaired) electrons. The van der Waals surface area contributed by atoms with Crippen molar-refractivity contribution in [3.63, 3.8) is 0 Å². The van der Waals surface area contributed by atoms with Gasteiger partial charge in [-0.1, -0.05) is 45.9 Å². The number of halogens is 1. The van der Waals surface area contributed by atoms with Crippen LogP contribution in [-0.2, 0) is 12.3 Å². The van der Waals surface area contributed by atoms with E-state index in [0.717, 1.165) is 32.0 Å². The van der Waals surface area contributed by atoms with Gasteiger partial charge >= 0.3 is 5.63 Å². The topological polar surface area (TPSA) is 70.2 Å². The van der Waals surface area contributed by atoms with Crippen molar-refractivity contribution in [1.82, 2.24) is 14.8 Å². The number of allylic oxidation sites excluding steroid dienone is 1. The van der Waals surface area contributed by atoms with E-state index in [0.29, 0.717) is 23.6 Å². The van der Waals surface area contributed by atoms with E-state index in [-0.39, 0.29) is 0 Å². The molecule has 0 unspecified atom stereocenters. The molecule has 4 rings (SSSR count). The number of methoxy groups -OCH3 is 1. The van der Waals surface area contributed by atoms with Crippen LogP contribution in [0.4, 0.5) is 0 Å². The number of hydrogen-bond donors (Lipinski definition) is 0. The van der Waals surface area contributed by atoms with Crippen molar-refractivity contribution in [1.29, 1.82) is 0 Å². The van der Waals surface area contributed by atoms with Gasteiger partial charge in [-0.3, -0.25) is 4.57 Å². The van der Waals surface area contributed by atoms with E-state index in [2.05, 4.69) is 32.7 Å². The molecule has 0 aliphatic heterocycles. The van der Waals surface area contributed by atoms with Crippen LogP contribution >= 0.6 is 27.7 Å². The van der Waals surface area contributed by atoms with Gasteiger partial charge in [-0.05, 0) is 29.8 Å². The molecular weight excluding hydrogens is 466 g/mol. The third-order valence-corrected chi connectivity index (χ3v) is 6.07. The SMILES string of the molecule is C=CCn1c(SCc2cc(=O)oc3cc(OC)ccc23)nnc1-c1ccc(Br)cc1. The van der Waals surface area contributed by atoms with E-state index in [4.69, 9.17) is 9.15 Å². The molecule has 2 aromatic carbocycles. The van der Waals surface area contributed by atoms with Gasteiger partial charge in [0.2, 0.25) is 0 Å².